The number of fused-ring (bicyclic) bond motifs is 1. The van der Waals surface area contributed by atoms with E-state index in [1.807, 2.05) is 12.1 Å². The lowest BCUT2D eigenvalue weighted by molar-refractivity contribution is 0.187. The number of likely N-dealkylation sites (tertiary alicyclic amines) is 1. The summed E-state index contributed by atoms with van der Waals surface area (Å²) in [6.07, 6.45) is 4.66. The van der Waals surface area contributed by atoms with Gasteiger partial charge in [-0.1, -0.05) is 36.6 Å². The van der Waals surface area contributed by atoms with Gasteiger partial charge in [-0.2, -0.15) is 0 Å². The van der Waals surface area contributed by atoms with Gasteiger partial charge in [0, 0.05) is 11.1 Å². The molecule has 1 fully saturated rings. The molecule has 5 nitrogen and oxygen atoms in total. The number of aromatic nitrogens is 2. The van der Waals surface area contributed by atoms with Gasteiger partial charge in [0.2, 0.25) is 0 Å². The molecule has 0 unspecified atom stereocenters. The first-order valence-electron chi connectivity index (χ1n) is 9.70. The van der Waals surface area contributed by atoms with Gasteiger partial charge in [-0.15, -0.1) is 0 Å². The van der Waals surface area contributed by atoms with Crippen LogP contribution in [0.1, 0.15) is 43.1 Å². The Bertz CT molecular complexity index is 1020. The fourth-order valence-corrected chi connectivity index (χ4v) is 4.16. The van der Waals surface area contributed by atoms with Crippen molar-refractivity contribution in [1.82, 2.24) is 14.9 Å². The number of nitrogens with one attached hydrogen (secondary N) is 1. The minimum atomic E-state index is -0.118. The summed E-state index contributed by atoms with van der Waals surface area (Å²) in [6.45, 7) is 1.59. The first-order chi connectivity index (χ1) is 13.6. The van der Waals surface area contributed by atoms with Crippen LogP contribution in [0.2, 0.25) is 5.02 Å². The number of hydrogen-bond donors (Lipinski definition) is 1. The third-order valence-electron chi connectivity index (χ3n) is 5.43. The van der Waals surface area contributed by atoms with Crippen LogP contribution in [-0.4, -0.2) is 28.5 Å². The smallest absolute Gasteiger partial charge is 0.258 e. The summed E-state index contributed by atoms with van der Waals surface area (Å²) >= 11 is 6.09. The molecule has 0 amide bonds. The third kappa shape index (κ3) is 4.05. The van der Waals surface area contributed by atoms with Crippen molar-refractivity contribution in [2.75, 3.05) is 13.7 Å². The highest BCUT2D eigenvalue weighted by atomic mass is 35.5. The van der Waals surface area contributed by atoms with E-state index in [1.54, 1.807) is 25.3 Å². The molecule has 6 heteroatoms. The Morgan fingerprint density at radius 1 is 1.18 bits per heavy atom. The van der Waals surface area contributed by atoms with Gasteiger partial charge in [0.05, 0.1) is 24.6 Å². The number of nitrogens with zero attached hydrogens (tertiary/aromatic N) is 2. The number of H-pyrrole nitrogens is 1. The highest BCUT2D eigenvalue weighted by Gasteiger charge is 2.23. The van der Waals surface area contributed by atoms with Crippen LogP contribution >= 0.6 is 11.6 Å². The molecule has 4 rings (SSSR count). The average Bonchev–Trinajstić information content (AvgIpc) is 2.93. The van der Waals surface area contributed by atoms with Crippen LogP contribution in [0.3, 0.4) is 0 Å². The van der Waals surface area contributed by atoms with Crippen molar-refractivity contribution >= 4 is 22.5 Å². The Kier molecular flexibility index (Phi) is 5.64. The lowest BCUT2D eigenvalue weighted by atomic mass is 10.0. The maximum Gasteiger partial charge on any atom is 0.258 e. The number of methoxy groups -OCH3 is 1. The highest BCUT2D eigenvalue weighted by Crippen LogP contribution is 2.32. The molecule has 28 heavy (non-hydrogen) atoms. The van der Waals surface area contributed by atoms with Gasteiger partial charge >= 0.3 is 0 Å². The lowest BCUT2D eigenvalue weighted by Crippen LogP contribution is -2.30. The first-order valence-corrected chi connectivity index (χ1v) is 10.1. The lowest BCUT2D eigenvalue weighted by Gasteiger charge is -2.30. The number of aromatic amines is 1. The molecule has 0 bridgehead atoms. The monoisotopic (exact) mass is 397 g/mol. The molecular formula is C22H24ClN3O2. The number of hydrogen-bond acceptors (Lipinski definition) is 4. The van der Waals surface area contributed by atoms with Gasteiger partial charge in [-0.05, 0) is 55.3 Å². The molecule has 0 aliphatic carbocycles. The molecule has 2 heterocycles. The normalized spacial score (nSPS) is 18.1. The maximum absolute atomic E-state index is 12.5. The van der Waals surface area contributed by atoms with Gasteiger partial charge < -0.3 is 9.72 Å². The van der Waals surface area contributed by atoms with Crippen LogP contribution in [0.5, 0.6) is 5.75 Å². The summed E-state index contributed by atoms with van der Waals surface area (Å²) < 4.78 is 5.29. The standard InChI is InChI=1S/C22H24ClN3O2/c1-28-17-9-6-15(7-10-17)20-5-3-2-4-12-26(20)14-21-24-19-13-16(23)8-11-18(19)22(27)25-21/h6-11,13,20H,2-5,12,14H2,1H3,(H,24,25,27)/t20-/m0/s1. The van der Waals surface area contributed by atoms with Gasteiger partial charge in [0.1, 0.15) is 11.6 Å². The van der Waals surface area contributed by atoms with Crippen molar-refractivity contribution in [1.29, 1.82) is 0 Å². The van der Waals surface area contributed by atoms with Crippen LogP contribution in [0, 0.1) is 0 Å². The van der Waals surface area contributed by atoms with E-state index in [0.717, 1.165) is 25.1 Å². The molecule has 0 spiro atoms. The first kappa shape index (κ1) is 19.0. The van der Waals surface area contributed by atoms with Crippen molar-refractivity contribution in [3.63, 3.8) is 0 Å². The summed E-state index contributed by atoms with van der Waals surface area (Å²) in [4.78, 5) is 22.5. The molecule has 1 saturated heterocycles. The Labute approximate surface area is 169 Å². The predicted octanol–water partition coefficient (Wildman–Crippen LogP) is 4.70. The van der Waals surface area contributed by atoms with Crippen LogP contribution in [-0.2, 0) is 6.54 Å². The number of rotatable bonds is 4. The van der Waals surface area contributed by atoms with Gasteiger partial charge in [0.15, 0.2) is 0 Å². The zero-order chi connectivity index (χ0) is 19.5. The number of ether oxygens (including phenoxy) is 1. The fraction of sp³-hybridized carbons (Fsp3) is 0.364. The topological polar surface area (TPSA) is 58.2 Å². The molecule has 1 aliphatic rings. The van der Waals surface area contributed by atoms with Crippen LogP contribution < -0.4 is 10.3 Å². The minimum absolute atomic E-state index is 0.118. The summed E-state index contributed by atoms with van der Waals surface area (Å²) in [5.74, 6) is 1.54. The highest BCUT2D eigenvalue weighted by molar-refractivity contribution is 6.31. The molecule has 1 aromatic heterocycles. The van der Waals surface area contributed by atoms with E-state index in [-0.39, 0.29) is 5.56 Å². The van der Waals surface area contributed by atoms with E-state index < -0.39 is 0 Å². The third-order valence-corrected chi connectivity index (χ3v) is 5.67. The SMILES string of the molecule is COc1ccc([C@@H]2CCCCCN2Cc2nc3cc(Cl)ccc3c(=O)[nH]2)cc1. The fourth-order valence-electron chi connectivity index (χ4n) is 3.99. The summed E-state index contributed by atoms with van der Waals surface area (Å²) in [7, 11) is 1.68. The molecular weight excluding hydrogens is 374 g/mol. The maximum atomic E-state index is 12.5. The zero-order valence-electron chi connectivity index (χ0n) is 16.0. The molecule has 1 aliphatic heterocycles. The quantitative estimate of drug-likeness (QED) is 0.693. The van der Waals surface area contributed by atoms with Gasteiger partial charge in [-0.3, -0.25) is 9.69 Å². The molecule has 3 aromatic rings. The predicted molar refractivity (Wildman–Crippen MR) is 112 cm³/mol. The number of benzene rings is 2. The second-order valence-corrected chi connectivity index (χ2v) is 7.72. The second-order valence-electron chi connectivity index (χ2n) is 7.28. The van der Waals surface area contributed by atoms with Gasteiger partial charge in [-0.25, -0.2) is 4.98 Å². The van der Waals surface area contributed by atoms with E-state index in [9.17, 15) is 4.79 Å². The Hall–Kier alpha value is -2.37. The van der Waals surface area contributed by atoms with E-state index in [1.165, 1.54) is 18.4 Å². The molecule has 1 atom stereocenters. The van der Waals surface area contributed by atoms with E-state index in [0.29, 0.717) is 34.3 Å². The molecule has 1 N–H and O–H groups in total. The van der Waals surface area contributed by atoms with Crippen molar-refractivity contribution in [3.05, 3.63) is 69.2 Å². The van der Waals surface area contributed by atoms with Crippen molar-refractivity contribution in [2.45, 2.75) is 38.3 Å². The Morgan fingerprint density at radius 3 is 2.79 bits per heavy atom. The second kappa shape index (κ2) is 8.33. The molecule has 0 saturated carbocycles. The van der Waals surface area contributed by atoms with E-state index in [2.05, 4.69) is 27.0 Å². The van der Waals surface area contributed by atoms with Crippen molar-refractivity contribution < 1.29 is 4.74 Å². The van der Waals surface area contributed by atoms with Crippen LogP contribution in [0.15, 0.2) is 47.3 Å². The van der Waals surface area contributed by atoms with Gasteiger partial charge in [0.25, 0.3) is 5.56 Å². The Morgan fingerprint density at radius 2 is 2.00 bits per heavy atom. The van der Waals surface area contributed by atoms with Crippen LogP contribution in [0.4, 0.5) is 0 Å². The van der Waals surface area contributed by atoms with Crippen molar-refractivity contribution in [2.24, 2.45) is 0 Å². The largest absolute Gasteiger partial charge is 0.497 e. The van der Waals surface area contributed by atoms with Crippen molar-refractivity contribution in [3.8, 4) is 5.75 Å². The van der Waals surface area contributed by atoms with E-state index in [4.69, 9.17) is 16.3 Å². The average molecular weight is 398 g/mol. The minimum Gasteiger partial charge on any atom is -0.497 e. The summed E-state index contributed by atoms with van der Waals surface area (Å²) in [5, 5.41) is 1.15. The summed E-state index contributed by atoms with van der Waals surface area (Å²) in [6, 6.07) is 13.8. The molecule has 146 valence electrons. The zero-order valence-corrected chi connectivity index (χ0v) is 16.7. The molecule has 2 aromatic carbocycles. The summed E-state index contributed by atoms with van der Waals surface area (Å²) in [5.41, 5.74) is 1.79. The van der Waals surface area contributed by atoms with Crippen LogP contribution in [0.25, 0.3) is 10.9 Å². The molecule has 0 radical (unpaired) electrons. The van der Waals surface area contributed by atoms with E-state index >= 15 is 0 Å². The number of halogens is 1. The Balaban J connectivity index is 1.65.